The molecule has 0 saturated carbocycles. The first-order chi connectivity index (χ1) is 11.3. The minimum Gasteiger partial charge on any atom is -0.369 e. The van der Waals surface area contributed by atoms with Gasteiger partial charge in [0.25, 0.3) is 0 Å². The second-order valence-electron chi connectivity index (χ2n) is 7.17. The smallest absolute Gasteiger partial charge is 0.208 e. The van der Waals surface area contributed by atoms with Crippen molar-refractivity contribution in [1.29, 1.82) is 0 Å². The minimum atomic E-state index is -3.16. The highest BCUT2D eigenvalue weighted by Gasteiger charge is 2.42. The van der Waals surface area contributed by atoms with E-state index in [4.69, 9.17) is 4.74 Å². The lowest BCUT2D eigenvalue weighted by Crippen LogP contribution is -2.46. The molecule has 3 rings (SSSR count). The van der Waals surface area contributed by atoms with Gasteiger partial charge >= 0.3 is 0 Å². The number of pyridine rings is 1. The lowest BCUT2D eigenvalue weighted by molar-refractivity contribution is -0.118. The summed E-state index contributed by atoms with van der Waals surface area (Å²) in [4.78, 5) is 6.98. The summed E-state index contributed by atoms with van der Waals surface area (Å²) in [7, 11) is -3.16. The molecule has 0 amide bonds. The van der Waals surface area contributed by atoms with Crippen LogP contribution >= 0.6 is 0 Å². The Balaban J connectivity index is 1.56. The molecule has 1 aromatic rings. The van der Waals surface area contributed by atoms with Gasteiger partial charge < -0.3 is 4.74 Å². The molecule has 2 fully saturated rings. The normalized spacial score (nSPS) is 28.5. The number of likely N-dealkylation sites (tertiary alicyclic amines) is 1. The van der Waals surface area contributed by atoms with Crippen LogP contribution in [-0.2, 0) is 21.3 Å². The van der Waals surface area contributed by atoms with Gasteiger partial charge in [0.2, 0.25) is 10.0 Å². The number of aryl methyl sites for hydroxylation is 1. The van der Waals surface area contributed by atoms with Crippen LogP contribution in [0.5, 0.6) is 0 Å². The fourth-order valence-electron chi connectivity index (χ4n) is 3.79. The highest BCUT2D eigenvalue weighted by Crippen LogP contribution is 2.36. The number of hydrogen-bond acceptors (Lipinski definition) is 5. The van der Waals surface area contributed by atoms with Gasteiger partial charge in [-0.25, -0.2) is 13.1 Å². The van der Waals surface area contributed by atoms with Crippen LogP contribution in [0.2, 0.25) is 0 Å². The van der Waals surface area contributed by atoms with E-state index in [1.807, 2.05) is 19.1 Å². The SMILES string of the molecule is Cc1cccc(CN2CC[C@]3(CCC[C@@H](CNS(C)(=O)=O)O3)C2)n1. The zero-order chi connectivity index (χ0) is 17.2. The Morgan fingerprint density at radius 2 is 2.25 bits per heavy atom. The molecule has 2 aliphatic heterocycles. The summed E-state index contributed by atoms with van der Waals surface area (Å²) >= 11 is 0. The van der Waals surface area contributed by atoms with Gasteiger partial charge in [0, 0.05) is 31.9 Å². The van der Waals surface area contributed by atoms with Crippen LogP contribution in [0.15, 0.2) is 18.2 Å². The van der Waals surface area contributed by atoms with Crippen molar-refractivity contribution in [2.45, 2.75) is 50.9 Å². The van der Waals surface area contributed by atoms with Crippen molar-refractivity contribution < 1.29 is 13.2 Å². The van der Waals surface area contributed by atoms with Crippen LogP contribution in [-0.4, -0.2) is 55.9 Å². The van der Waals surface area contributed by atoms with Crippen molar-refractivity contribution >= 4 is 10.0 Å². The number of rotatable bonds is 5. The fraction of sp³-hybridized carbons (Fsp3) is 0.706. The molecule has 24 heavy (non-hydrogen) atoms. The topological polar surface area (TPSA) is 71.5 Å². The summed E-state index contributed by atoms with van der Waals surface area (Å²) in [5, 5.41) is 0. The molecule has 0 radical (unpaired) electrons. The summed E-state index contributed by atoms with van der Waals surface area (Å²) in [6.07, 6.45) is 5.24. The van der Waals surface area contributed by atoms with E-state index in [0.29, 0.717) is 6.54 Å². The average molecular weight is 353 g/mol. The number of sulfonamides is 1. The predicted molar refractivity (Wildman–Crippen MR) is 93.2 cm³/mol. The summed E-state index contributed by atoms with van der Waals surface area (Å²) in [5.74, 6) is 0. The van der Waals surface area contributed by atoms with Crippen molar-refractivity contribution in [1.82, 2.24) is 14.6 Å². The zero-order valence-electron chi connectivity index (χ0n) is 14.5. The Labute approximate surface area is 144 Å². The number of aromatic nitrogens is 1. The van der Waals surface area contributed by atoms with Crippen molar-refractivity contribution in [3.05, 3.63) is 29.6 Å². The van der Waals surface area contributed by atoms with E-state index >= 15 is 0 Å². The van der Waals surface area contributed by atoms with Crippen molar-refractivity contribution in [3.8, 4) is 0 Å². The van der Waals surface area contributed by atoms with Crippen LogP contribution < -0.4 is 4.72 Å². The molecule has 7 heteroatoms. The quantitative estimate of drug-likeness (QED) is 0.868. The molecule has 134 valence electrons. The summed E-state index contributed by atoms with van der Waals surface area (Å²) in [6.45, 7) is 5.14. The molecular formula is C17H27N3O3S. The third-order valence-electron chi connectivity index (χ3n) is 4.88. The van der Waals surface area contributed by atoms with E-state index in [1.54, 1.807) is 0 Å². The molecule has 6 nitrogen and oxygen atoms in total. The van der Waals surface area contributed by atoms with Gasteiger partial charge in [-0.05, 0) is 44.7 Å². The first-order valence-electron chi connectivity index (χ1n) is 8.61. The molecule has 2 aliphatic rings. The number of nitrogens with one attached hydrogen (secondary N) is 1. The van der Waals surface area contributed by atoms with Crippen molar-refractivity contribution in [2.75, 3.05) is 25.9 Å². The molecule has 1 aromatic heterocycles. The molecule has 1 spiro atoms. The lowest BCUT2D eigenvalue weighted by atomic mass is 9.90. The van der Waals surface area contributed by atoms with Crippen LogP contribution in [0.25, 0.3) is 0 Å². The average Bonchev–Trinajstić information content (AvgIpc) is 2.87. The summed E-state index contributed by atoms with van der Waals surface area (Å²) in [6, 6.07) is 6.13. The van der Waals surface area contributed by atoms with Gasteiger partial charge in [-0.2, -0.15) is 0 Å². The molecule has 3 heterocycles. The van der Waals surface area contributed by atoms with E-state index < -0.39 is 10.0 Å². The number of ether oxygens (including phenoxy) is 1. The molecule has 2 saturated heterocycles. The molecule has 0 bridgehead atoms. The van der Waals surface area contributed by atoms with Gasteiger partial charge in [0.05, 0.1) is 23.7 Å². The van der Waals surface area contributed by atoms with Crippen molar-refractivity contribution in [2.24, 2.45) is 0 Å². The molecule has 0 aliphatic carbocycles. The van der Waals surface area contributed by atoms with E-state index in [2.05, 4.69) is 20.7 Å². The van der Waals surface area contributed by atoms with Crippen LogP contribution in [0.4, 0.5) is 0 Å². The predicted octanol–water partition coefficient (Wildman–Crippen LogP) is 1.45. The largest absolute Gasteiger partial charge is 0.369 e. The first kappa shape index (κ1) is 17.8. The Bertz CT molecular complexity index is 679. The Kier molecular flexibility index (Phi) is 5.24. The molecule has 2 atom stereocenters. The van der Waals surface area contributed by atoms with Crippen LogP contribution in [0.3, 0.4) is 0 Å². The molecular weight excluding hydrogens is 326 g/mol. The molecule has 1 N–H and O–H groups in total. The van der Waals surface area contributed by atoms with E-state index in [9.17, 15) is 8.42 Å². The molecule has 0 aromatic carbocycles. The third kappa shape index (κ3) is 4.75. The standard InChI is InChI=1S/C17H27N3O3S/c1-14-5-3-6-15(19-14)12-20-10-9-17(13-20)8-4-7-16(23-17)11-18-24(2,21)22/h3,5-6,16,18H,4,7-13H2,1-2H3/t16-,17+/m0/s1. The third-order valence-corrected chi connectivity index (χ3v) is 5.57. The van der Waals surface area contributed by atoms with Gasteiger partial charge in [-0.1, -0.05) is 6.07 Å². The van der Waals surface area contributed by atoms with E-state index in [-0.39, 0.29) is 11.7 Å². The lowest BCUT2D eigenvalue weighted by Gasteiger charge is -2.38. The van der Waals surface area contributed by atoms with Gasteiger partial charge in [0.1, 0.15) is 0 Å². The van der Waals surface area contributed by atoms with E-state index in [1.165, 1.54) is 6.26 Å². The second-order valence-corrected chi connectivity index (χ2v) is 9.00. The van der Waals surface area contributed by atoms with Crippen LogP contribution in [0.1, 0.15) is 37.1 Å². The van der Waals surface area contributed by atoms with Gasteiger partial charge in [-0.15, -0.1) is 0 Å². The maximum absolute atomic E-state index is 11.3. The van der Waals surface area contributed by atoms with E-state index in [0.717, 1.165) is 56.7 Å². The fourth-order valence-corrected chi connectivity index (χ4v) is 4.28. The highest BCUT2D eigenvalue weighted by atomic mass is 32.2. The Morgan fingerprint density at radius 1 is 1.42 bits per heavy atom. The van der Waals surface area contributed by atoms with Crippen LogP contribution in [0, 0.1) is 6.92 Å². The van der Waals surface area contributed by atoms with Crippen molar-refractivity contribution in [3.63, 3.8) is 0 Å². The Hall–Kier alpha value is -1.02. The monoisotopic (exact) mass is 353 g/mol. The van der Waals surface area contributed by atoms with Gasteiger partial charge in [-0.3, -0.25) is 9.88 Å². The second kappa shape index (κ2) is 7.07. The Morgan fingerprint density at radius 3 is 3.00 bits per heavy atom. The van der Waals surface area contributed by atoms with Gasteiger partial charge in [0.15, 0.2) is 0 Å². The maximum Gasteiger partial charge on any atom is 0.208 e. The maximum atomic E-state index is 11.3. The molecule has 0 unspecified atom stereocenters. The first-order valence-corrected chi connectivity index (χ1v) is 10.5. The summed E-state index contributed by atoms with van der Waals surface area (Å²) < 4.78 is 31.5. The zero-order valence-corrected chi connectivity index (χ0v) is 15.3. The summed E-state index contributed by atoms with van der Waals surface area (Å²) in [5.41, 5.74) is 2.02. The number of nitrogens with zero attached hydrogens (tertiary/aromatic N) is 2. The minimum absolute atomic E-state index is 0.0227. The number of hydrogen-bond donors (Lipinski definition) is 1. The highest BCUT2D eigenvalue weighted by molar-refractivity contribution is 7.88.